The van der Waals surface area contributed by atoms with Crippen molar-refractivity contribution in [3.05, 3.63) is 88.6 Å². The van der Waals surface area contributed by atoms with E-state index in [9.17, 15) is 10.1 Å². The Kier molecular flexibility index (Phi) is 7.38. The summed E-state index contributed by atoms with van der Waals surface area (Å²) in [6, 6.07) is 20.8. The standard InChI is InChI=1S/C33H37N7O/c1-24-19-25(2)29(20-28(24)23-37-11-13-38(14-12-37)30-9-5-4-7-26(30)21-34)33(41)40-17-15-39(16-18-40)31-10-6-8-27-22-35-36(3)32(27)31/h4-10,19-20,22H,11-18,23H2,1-3H3. The largest absolute Gasteiger partial charge is 0.368 e. The van der Waals surface area contributed by atoms with Crippen molar-refractivity contribution in [2.45, 2.75) is 20.4 Å². The molecule has 0 bridgehead atoms. The number of benzene rings is 3. The number of piperazine rings is 2. The third-order valence-electron chi connectivity index (χ3n) is 8.69. The number of carbonyl (C=O) groups is 1. The second-order valence-electron chi connectivity index (χ2n) is 11.2. The van der Waals surface area contributed by atoms with Crippen molar-refractivity contribution in [3.63, 3.8) is 0 Å². The van der Waals surface area contributed by atoms with E-state index in [1.54, 1.807) is 0 Å². The van der Waals surface area contributed by atoms with Gasteiger partial charge in [-0.25, -0.2) is 0 Å². The molecule has 1 amide bonds. The molecule has 2 aliphatic heterocycles. The molecule has 2 aliphatic rings. The predicted molar refractivity (Wildman–Crippen MR) is 163 cm³/mol. The summed E-state index contributed by atoms with van der Waals surface area (Å²) in [6.45, 7) is 11.6. The molecule has 0 atom stereocenters. The molecule has 0 unspecified atom stereocenters. The number of amides is 1. The van der Waals surface area contributed by atoms with Crippen molar-refractivity contribution in [2.75, 3.05) is 62.2 Å². The molecule has 3 aromatic carbocycles. The molecule has 2 saturated heterocycles. The Morgan fingerprint density at radius 2 is 1.54 bits per heavy atom. The second-order valence-corrected chi connectivity index (χ2v) is 11.2. The van der Waals surface area contributed by atoms with Crippen molar-refractivity contribution >= 4 is 28.2 Å². The summed E-state index contributed by atoms with van der Waals surface area (Å²) in [6.07, 6.45) is 1.91. The molecule has 2 fully saturated rings. The summed E-state index contributed by atoms with van der Waals surface area (Å²) in [4.78, 5) is 22.9. The zero-order valence-corrected chi connectivity index (χ0v) is 24.2. The number of hydrogen-bond donors (Lipinski definition) is 0. The van der Waals surface area contributed by atoms with E-state index in [4.69, 9.17) is 0 Å². The zero-order chi connectivity index (χ0) is 28.5. The van der Waals surface area contributed by atoms with Crippen LogP contribution in [0.1, 0.15) is 32.6 Å². The Morgan fingerprint density at radius 3 is 2.29 bits per heavy atom. The summed E-state index contributed by atoms with van der Waals surface area (Å²) in [5.74, 6) is 0.125. The van der Waals surface area contributed by atoms with Gasteiger partial charge in [0.2, 0.25) is 0 Å². The molecule has 0 saturated carbocycles. The molecular weight excluding hydrogens is 510 g/mol. The Morgan fingerprint density at radius 1 is 0.854 bits per heavy atom. The first kappa shape index (κ1) is 26.9. The highest BCUT2D eigenvalue weighted by Gasteiger charge is 2.26. The highest BCUT2D eigenvalue weighted by molar-refractivity contribution is 5.96. The van der Waals surface area contributed by atoms with Crippen LogP contribution in [0, 0.1) is 25.2 Å². The predicted octanol–water partition coefficient (Wildman–Crippen LogP) is 4.35. The number of fused-ring (bicyclic) bond motifs is 1. The van der Waals surface area contributed by atoms with Gasteiger partial charge in [-0.05, 0) is 54.8 Å². The number of hydrogen-bond acceptors (Lipinski definition) is 6. The topological polar surface area (TPSA) is 71.6 Å². The van der Waals surface area contributed by atoms with Crippen LogP contribution < -0.4 is 9.80 Å². The first-order valence-corrected chi connectivity index (χ1v) is 14.4. The quantitative estimate of drug-likeness (QED) is 0.370. The highest BCUT2D eigenvalue weighted by Crippen LogP contribution is 2.28. The molecule has 8 heteroatoms. The minimum atomic E-state index is 0.125. The molecular formula is C33H37N7O. The molecule has 0 aliphatic carbocycles. The minimum absolute atomic E-state index is 0.125. The van der Waals surface area contributed by atoms with Crippen LogP contribution >= 0.6 is 0 Å². The number of rotatable bonds is 5. The Balaban J connectivity index is 1.11. The first-order valence-electron chi connectivity index (χ1n) is 14.4. The van der Waals surface area contributed by atoms with E-state index >= 15 is 0 Å². The fraction of sp³-hybridized carbons (Fsp3) is 0.364. The van der Waals surface area contributed by atoms with E-state index in [1.807, 2.05) is 47.1 Å². The maximum atomic E-state index is 13.8. The molecule has 41 heavy (non-hydrogen) atoms. The van der Waals surface area contributed by atoms with Crippen LogP contribution in [0.5, 0.6) is 0 Å². The Bertz CT molecular complexity index is 1620. The lowest BCUT2D eigenvalue weighted by Gasteiger charge is -2.37. The lowest BCUT2D eigenvalue weighted by molar-refractivity contribution is 0.0746. The number of aromatic nitrogens is 2. The maximum absolute atomic E-state index is 13.8. The van der Waals surface area contributed by atoms with Gasteiger partial charge in [-0.3, -0.25) is 14.4 Å². The Hall–Kier alpha value is -4.35. The molecule has 0 N–H and O–H groups in total. The fourth-order valence-corrected chi connectivity index (χ4v) is 6.32. The Labute approximate surface area is 242 Å². The van der Waals surface area contributed by atoms with E-state index in [0.29, 0.717) is 13.1 Å². The van der Waals surface area contributed by atoms with Gasteiger partial charge in [0, 0.05) is 76.9 Å². The molecule has 6 rings (SSSR count). The maximum Gasteiger partial charge on any atom is 0.254 e. The normalized spacial score (nSPS) is 16.3. The molecule has 3 heterocycles. The first-order chi connectivity index (χ1) is 19.9. The van der Waals surface area contributed by atoms with Gasteiger partial charge in [0.15, 0.2) is 0 Å². The molecule has 0 spiro atoms. The number of para-hydroxylation sites is 2. The van der Waals surface area contributed by atoms with Gasteiger partial charge in [0.25, 0.3) is 5.91 Å². The van der Waals surface area contributed by atoms with Crippen molar-refractivity contribution in [1.29, 1.82) is 5.26 Å². The zero-order valence-electron chi connectivity index (χ0n) is 24.2. The molecule has 210 valence electrons. The van der Waals surface area contributed by atoms with Crippen LogP contribution in [0.25, 0.3) is 10.9 Å². The summed E-state index contributed by atoms with van der Waals surface area (Å²) in [7, 11) is 1.98. The van der Waals surface area contributed by atoms with Gasteiger partial charge >= 0.3 is 0 Å². The van der Waals surface area contributed by atoms with Crippen molar-refractivity contribution in [3.8, 4) is 6.07 Å². The summed E-state index contributed by atoms with van der Waals surface area (Å²) in [5, 5.41) is 15.1. The van der Waals surface area contributed by atoms with Gasteiger partial charge in [-0.15, -0.1) is 0 Å². The van der Waals surface area contributed by atoms with E-state index < -0.39 is 0 Å². The van der Waals surface area contributed by atoms with Crippen molar-refractivity contribution < 1.29 is 4.79 Å². The van der Waals surface area contributed by atoms with E-state index in [1.165, 1.54) is 16.8 Å². The lowest BCUT2D eigenvalue weighted by Crippen LogP contribution is -2.49. The average Bonchev–Trinajstić information content (AvgIpc) is 3.39. The van der Waals surface area contributed by atoms with Gasteiger partial charge in [0.05, 0.1) is 28.7 Å². The number of carbonyl (C=O) groups excluding carboxylic acids is 1. The van der Waals surface area contributed by atoms with E-state index in [0.717, 1.165) is 79.1 Å². The van der Waals surface area contributed by atoms with Crippen LogP contribution in [0.4, 0.5) is 11.4 Å². The van der Waals surface area contributed by atoms with Gasteiger partial charge in [0.1, 0.15) is 6.07 Å². The number of aryl methyl sites for hydroxylation is 3. The molecule has 4 aromatic rings. The number of anilines is 2. The summed E-state index contributed by atoms with van der Waals surface area (Å²) in [5.41, 5.74) is 8.36. The second kappa shape index (κ2) is 11.3. The molecule has 0 radical (unpaired) electrons. The third kappa shape index (κ3) is 5.25. The third-order valence-corrected chi connectivity index (χ3v) is 8.69. The van der Waals surface area contributed by atoms with E-state index in [2.05, 4.69) is 70.0 Å². The SMILES string of the molecule is Cc1cc(C)c(C(=O)N2CCN(c3cccc4cnn(C)c34)CC2)cc1CN1CCN(c2ccccc2C#N)CC1. The van der Waals surface area contributed by atoms with Crippen molar-refractivity contribution in [2.24, 2.45) is 7.05 Å². The fourth-order valence-electron chi connectivity index (χ4n) is 6.32. The van der Waals surface area contributed by atoms with Crippen LogP contribution in [0.2, 0.25) is 0 Å². The van der Waals surface area contributed by atoms with Crippen molar-refractivity contribution in [1.82, 2.24) is 19.6 Å². The average molecular weight is 548 g/mol. The molecule has 1 aromatic heterocycles. The monoisotopic (exact) mass is 547 g/mol. The van der Waals surface area contributed by atoms with Gasteiger partial charge < -0.3 is 14.7 Å². The summed E-state index contributed by atoms with van der Waals surface area (Å²) >= 11 is 0. The highest BCUT2D eigenvalue weighted by atomic mass is 16.2. The van der Waals surface area contributed by atoms with Crippen LogP contribution in [-0.4, -0.2) is 77.8 Å². The number of nitrogens with zero attached hydrogens (tertiary/aromatic N) is 7. The van der Waals surface area contributed by atoms with Gasteiger partial charge in [-0.1, -0.05) is 30.3 Å². The molecule has 8 nitrogen and oxygen atoms in total. The summed E-state index contributed by atoms with van der Waals surface area (Å²) < 4.78 is 1.93. The van der Waals surface area contributed by atoms with Crippen LogP contribution in [0.3, 0.4) is 0 Å². The van der Waals surface area contributed by atoms with E-state index in [-0.39, 0.29) is 5.91 Å². The smallest absolute Gasteiger partial charge is 0.254 e. The van der Waals surface area contributed by atoms with Crippen LogP contribution in [-0.2, 0) is 13.6 Å². The number of nitriles is 1. The van der Waals surface area contributed by atoms with Gasteiger partial charge in [-0.2, -0.15) is 10.4 Å². The minimum Gasteiger partial charge on any atom is -0.368 e. The van der Waals surface area contributed by atoms with Crippen LogP contribution in [0.15, 0.2) is 60.8 Å². The lowest BCUT2D eigenvalue weighted by atomic mass is 9.98.